The first kappa shape index (κ1) is 4.85. The first-order chi connectivity index (χ1) is 2.79. The summed E-state index contributed by atoms with van der Waals surface area (Å²) in [5.74, 6) is 0. The lowest BCUT2D eigenvalue weighted by Gasteiger charge is -2.25. The molecule has 0 nitrogen and oxygen atoms in total. The van der Waals surface area contributed by atoms with Crippen LogP contribution in [0.4, 0.5) is 0 Å². The van der Waals surface area contributed by atoms with E-state index in [1.165, 1.54) is 5.25 Å². The zero-order valence-corrected chi connectivity index (χ0v) is 5.17. The Labute approximate surface area is 49.1 Å². The van der Waals surface area contributed by atoms with E-state index in [0.29, 0.717) is 5.25 Å². The van der Waals surface area contributed by atoms with Gasteiger partial charge in [0, 0.05) is 10.5 Å². The van der Waals surface area contributed by atoms with E-state index in [9.17, 15) is 0 Å². The highest BCUT2D eigenvalue weighted by molar-refractivity contribution is 7.84. The summed E-state index contributed by atoms with van der Waals surface area (Å²) in [6.07, 6.45) is 2.23. The maximum absolute atomic E-state index is 4.17. The van der Waals surface area contributed by atoms with E-state index >= 15 is 0 Å². The Morgan fingerprint density at radius 2 is 2.00 bits per heavy atom. The highest BCUT2D eigenvalue weighted by Crippen LogP contribution is 2.35. The van der Waals surface area contributed by atoms with E-state index < -0.39 is 0 Å². The van der Waals surface area contributed by atoms with Crippen molar-refractivity contribution in [3.8, 4) is 0 Å². The number of thiol groups is 2. The summed E-state index contributed by atoms with van der Waals surface area (Å²) in [7, 11) is 0. The van der Waals surface area contributed by atoms with Gasteiger partial charge in [-0.05, 0) is 12.8 Å². The molecule has 35 valence electrons. The van der Waals surface area contributed by atoms with Gasteiger partial charge in [-0.25, -0.2) is 0 Å². The van der Waals surface area contributed by atoms with Gasteiger partial charge in [0.25, 0.3) is 0 Å². The average Bonchev–Trinajstić information content (AvgIpc) is 1.33. The molecule has 1 fully saturated rings. The fourth-order valence-corrected chi connectivity index (χ4v) is 1.65. The molecule has 1 aliphatic carbocycles. The van der Waals surface area contributed by atoms with Crippen LogP contribution < -0.4 is 0 Å². The normalized spacial score (nSPS) is 27.0. The van der Waals surface area contributed by atoms with Crippen molar-refractivity contribution in [1.29, 1.82) is 0 Å². The molecule has 0 N–H and O–H groups in total. The van der Waals surface area contributed by atoms with Gasteiger partial charge >= 0.3 is 0 Å². The summed E-state index contributed by atoms with van der Waals surface area (Å²) in [5.41, 5.74) is 0. The van der Waals surface area contributed by atoms with Crippen molar-refractivity contribution in [1.82, 2.24) is 0 Å². The molecule has 0 aromatic heterocycles. The van der Waals surface area contributed by atoms with Crippen molar-refractivity contribution >= 4 is 25.3 Å². The van der Waals surface area contributed by atoms with Gasteiger partial charge in [-0.2, -0.15) is 25.3 Å². The molecular weight excluding hydrogens is 112 g/mol. The molecule has 0 aliphatic heterocycles. The SMILES string of the molecule is S[C]1CC(S)C1. The quantitative estimate of drug-likeness (QED) is 0.444. The fraction of sp³-hybridized carbons (Fsp3) is 0.750. The number of hydrogen-bond acceptors (Lipinski definition) is 2. The van der Waals surface area contributed by atoms with Gasteiger partial charge in [0.1, 0.15) is 0 Å². The van der Waals surface area contributed by atoms with Gasteiger partial charge in [-0.3, -0.25) is 0 Å². The first-order valence-electron chi connectivity index (χ1n) is 2.01. The number of rotatable bonds is 0. The molecule has 0 spiro atoms. The Hall–Kier alpha value is 0.700. The van der Waals surface area contributed by atoms with Gasteiger partial charge in [-0.1, -0.05) is 0 Å². The largest absolute Gasteiger partial charge is 0.176 e. The molecule has 1 radical (unpaired) electrons. The third-order valence-electron chi connectivity index (χ3n) is 0.942. The van der Waals surface area contributed by atoms with Crippen LogP contribution in [-0.4, -0.2) is 5.25 Å². The lowest BCUT2D eigenvalue weighted by Crippen LogP contribution is -2.16. The molecule has 0 unspecified atom stereocenters. The molecule has 0 bridgehead atoms. The molecule has 0 aromatic carbocycles. The minimum atomic E-state index is 0.623. The van der Waals surface area contributed by atoms with Crippen LogP contribution in [0.1, 0.15) is 12.8 Å². The van der Waals surface area contributed by atoms with E-state index in [1.54, 1.807) is 0 Å². The number of hydrogen-bond donors (Lipinski definition) is 2. The maximum atomic E-state index is 4.17. The third-order valence-corrected chi connectivity index (χ3v) is 1.67. The topological polar surface area (TPSA) is 0 Å². The van der Waals surface area contributed by atoms with Gasteiger partial charge in [-0.15, -0.1) is 0 Å². The van der Waals surface area contributed by atoms with E-state index in [2.05, 4.69) is 25.3 Å². The second-order valence-corrected chi connectivity index (χ2v) is 2.99. The molecule has 0 heterocycles. The maximum Gasteiger partial charge on any atom is 0.0295 e. The lowest BCUT2D eigenvalue weighted by atomic mass is 9.99. The molecular formula is C4H7S2. The van der Waals surface area contributed by atoms with Crippen LogP contribution in [0.25, 0.3) is 0 Å². The van der Waals surface area contributed by atoms with Crippen LogP contribution >= 0.6 is 25.3 Å². The second kappa shape index (κ2) is 1.66. The smallest absolute Gasteiger partial charge is 0.0295 e. The fourth-order valence-electron chi connectivity index (χ4n) is 0.484. The van der Waals surface area contributed by atoms with Crippen LogP contribution in [0.2, 0.25) is 0 Å². The summed E-state index contributed by atoms with van der Waals surface area (Å²) in [5, 5.41) is 1.92. The molecule has 6 heavy (non-hydrogen) atoms. The van der Waals surface area contributed by atoms with Crippen molar-refractivity contribution in [2.45, 2.75) is 18.1 Å². The highest BCUT2D eigenvalue weighted by atomic mass is 32.1. The Morgan fingerprint density at radius 3 is 2.00 bits per heavy atom. The first-order valence-corrected chi connectivity index (χ1v) is 2.97. The van der Waals surface area contributed by atoms with Gasteiger partial charge in [0.15, 0.2) is 0 Å². The van der Waals surface area contributed by atoms with E-state index in [0.717, 1.165) is 12.8 Å². The third kappa shape index (κ3) is 0.850. The van der Waals surface area contributed by atoms with Gasteiger partial charge in [0.2, 0.25) is 0 Å². The van der Waals surface area contributed by atoms with E-state index in [-0.39, 0.29) is 0 Å². The predicted octanol–water partition coefficient (Wildman–Crippen LogP) is 1.54. The summed E-state index contributed by atoms with van der Waals surface area (Å²) in [6, 6.07) is 0. The summed E-state index contributed by atoms with van der Waals surface area (Å²) in [6.45, 7) is 0. The van der Waals surface area contributed by atoms with Crippen molar-refractivity contribution in [3.63, 3.8) is 0 Å². The average molecular weight is 119 g/mol. The van der Waals surface area contributed by atoms with Crippen molar-refractivity contribution in [3.05, 3.63) is 5.25 Å². The highest BCUT2D eigenvalue weighted by Gasteiger charge is 2.22. The Kier molecular flexibility index (Phi) is 1.34. The van der Waals surface area contributed by atoms with Crippen molar-refractivity contribution < 1.29 is 0 Å². The predicted molar refractivity (Wildman–Crippen MR) is 34.2 cm³/mol. The monoisotopic (exact) mass is 119 g/mol. The van der Waals surface area contributed by atoms with Crippen LogP contribution in [0.5, 0.6) is 0 Å². The Bertz CT molecular complexity index is 41.5. The molecule has 1 rings (SSSR count). The summed E-state index contributed by atoms with van der Waals surface area (Å²) < 4.78 is 0. The van der Waals surface area contributed by atoms with Gasteiger partial charge in [0.05, 0.1) is 0 Å². The van der Waals surface area contributed by atoms with E-state index in [4.69, 9.17) is 0 Å². The Balaban J connectivity index is 2.11. The standard InChI is InChI=1S/C4H7S2/c5-3-1-4(6)2-3/h3,5-6H,1-2H2. The minimum Gasteiger partial charge on any atom is -0.176 e. The molecule has 2 heteroatoms. The zero-order chi connectivity index (χ0) is 4.57. The molecule has 1 aliphatic rings. The summed E-state index contributed by atoms with van der Waals surface area (Å²) >= 11 is 8.29. The van der Waals surface area contributed by atoms with Gasteiger partial charge < -0.3 is 0 Å². The molecule has 0 aromatic rings. The van der Waals surface area contributed by atoms with Crippen LogP contribution in [0.3, 0.4) is 0 Å². The Morgan fingerprint density at radius 1 is 1.50 bits per heavy atom. The van der Waals surface area contributed by atoms with Crippen molar-refractivity contribution in [2.24, 2.45) is 0 Å². The molecule has 0 amide bonds. The molecule has 0 atom stereocenters. The molecule has 0 saturated heterocycles. The van der Waals surface area contributed by atoms with Crippen LogP contribution in [0, 0.1) is 5.25 Å². The van der Waals surface area contributed by atoms with Crippen molar-refractivity contribution in [2.75, 3.05) is 0 Å². The lowest BCUT2D eigenvalue weighted by molar-refractivity contribution is 0.653. The minimum absolute atomic E-state index is 0.623. The van der Waals surface area contributed by atoms with Crippen LogP contribution in [-0.2, 0) is 0 Å². The summed E-state index contributed by atoms with van der Waals surface area (Å²) in [4.78, 5) is 0. The zero-order valence-electron chi connectivity index (χ0n) is 3.39. The second-order valence-electron chi connectivity index (χ2n) is 1.63. The molecule has 1 saturated carbocycles. The van der Waals surface area contributed by atoms with E-state index in [1.807, 2.05) is 0 Å². The van der Waals surface area contributed by atoms with Crippen LogP contribution in [0.15, 0.2) is 0 Å².